The summed E-state index contributed by atoms with van der Waals surface area (Å²) in [5, 5.41) is 9.50. The predicted molar refractivity (Wildman–Crippen MR) is 71.8 cm³/mol. The second kappa shape index (κ2) is 5.36. The fourth-order valence-corrected chi connectivity index (χ4v) is 2.10. The Morgan fingerprint density at radius 3 is 2.55 bits per heavy atom. The first-order chi connectivity index (χ1) is 9.29. The molecule has 20 heavy (non-hydrogen) atoms. The molecule has 7 heteroatoms. The monoisotopic (exact) mass is 303 g/mol. The topological polar surface area (TPSA) is 40.7 Å². The Hall–Kier alpha value is -1.69. The van der Waals surface area contributed by atoms with Gasteiger partial charge in [0, 0.05) is 23.5 Å². The van der Waals surface area contributed by atoms with Gasteiger partial charge in [-0.15, -0.1) is 0 Å². The van der Waals surface area contributed by atoms with Crippen molar-refractivity contribution in [2.75, 3.05) is 5.32 Å². The average Bonchev–Trinajstić information content (AvgIpc) is 2.67. The molecular weight excluding hydrogens is 291 g/mol. The van der Waals surface area contributed by atoms with E-state index in [1.54, 1.807) is 0 Å². The van der Waals surface area contributed by atoms with Gasteiger partial charge in [-0.1, -0.05) is 11.6 Å². The summed E-state index contributed by atoms with van der Waals surface area (Å²) in [6, 6.07) is 3.76. The van der Waals surface area contributed by atoms with E-state index in [9.17, 15) is 13.2 Å². The number of hydrogen-bond acceptors (Lipinski definition) is 2. The third-order valence-electron chi connectivity index (χ3n) is 3.02. The van der Waals surface area contributed by atoms with Crippen molar-refractivity contribution in [2.45, 2.75) is 26.6 Å². The lowest BCUT2D eigenvalue weighted by atomic mass is 10.1. The van der Waals surface area contributed by atoms with Gasteiger partial charge in [0.25, 0.3) is 0 Å². The van der Waals surface area contributed by atoms with Crippen LogP contribution < -0.4 is 5.32 Å². The molecule has 0 bridgehead atoms. The molecule has 0 unspecified atom stereocenters. The molecule has 1 aromatic heterocycles. The first-order valence-corrected chi connectivity index (χ1v) is 6.28. The van der Waals surface area contributed by atoms with E-state index in [0.717, 1.165) is 23.0 Å². The van der Waals surface area contributed by atoms with Crippen LogP contribution in [0.25, 0.3) is 0 Å². The van der Waals surface area contributed by atoms with Crippen molar-refractivity contribution in [1.29, 1.82) is 0 Å². The molecule has 2 aromatic rings. The van der Waals surface area contributed by atoms with Gasteiger partial charge in [-0.2, -0.15) is 18.3 Å². The zero-order chi connectivity index (χ0) is 14.9. The van der Waals surface area contributed by atoms with Crippen LogP contribution in [0.3, 0.4) is 0 Å². The number of aromatic amines is 1. The molecule has 0 amide bonds. The van der Waals surface area contributed by atoms with Crippen LogP contribution >= 0.6 is 11.6 Å². The number of benzene rings is 1. The van der Waals surface area contributed by atoms with Crippen molar-refractivity contribution in [3.63, 3.8) is 0 Å². The number of halogens is 4. The molecule has 0 saturated carbocycles. The first kappa shape index (κ1) is 14.7. The van der Waals surface area contributed by atoms with Crippen LogP contribution in [-0.4, -0.2) is 10.2 Å². The Balaban J connectivity index is 2.19. The Morgan fingerprint density at radius 2 is 2.00 bits per heavy atom. The fourth-order valence-electron chi connectivity index (χ4n) is 1.88. The van der Waals surface area contributed by atoms with Crippen molar-refractivity contribution in [3.8, 4) is 0 Å². The fraction of sp³-hybridized carbons (Fsp3) is 0.308. The van der Waals surface area contributed by atoms with E-state index < -0.39 is 11.7 Å². The van der Waals surface area contributed by atoms with Gasteiger partial charge in [0.1, 0.15) is 0 Å². The zero-order valence-corrected chi connectivity index (χ0v) is 11.7. The SMILES string of the molecule is Cc1n[nH]c(C)c1CNc1ccc(Cl)c(C(F)(F)F)c1. The number of aromatic nitrogens is 2. The van der Waals surface area contributed by atoms with Gasteiger partial charge in [-0.05, 0) is 32.0 Å². The summed E-state index contributed by atoms with van der Waals surface area (Å²) >= 11 is 5.57. The second-order valence-corrected chi connectivity index (χ2v) is 4.87. The van der Waals surface area contributed by atoms with Crippen molar-refractivity contribution in [3.05, 3.63) is 45.7 Å². The van der Waals surface area contributed by atoms with Crippen molar-refractivity contribution < 1.29 is 13.2 Å². The normalized spacial score (nSPS) is 11.7. The molecule has 0 radical (unpaired) electrons. The number of aryl methyl sites for hydroxylation is 2. The minimum Gasteiger partial charge on any atom is -0.381 e. The standard InChI is InChI=1S/C13H13ClF3N3/c1-7-10(8(2)20-19-7)6-18-9-3-4-12(14)11(5-9)13(15,16)17/h3-5,18H,6H2,1-2H3,(H,19,20). The summed E-state index contributed by atoms with van der Waals surface area (Å²) in [6.45, 7) is 4.09. The Morgan fingerprint density at radius 1 is 1.30 bits per heavy atom. The van der Waals surface area contributed by atoms with E-state index in [-0.39, 0.29) is 5.02 Å². The van der Waals surface area contributed by atoms with E-state index in [2.05, 4.69) is 15.5 Å². The quantitative estimate of drug-likeness (QED) is 0.887. The van der Waals surface area contributed by atoms with Crippen LogP contribution in [0.5, 0.6) is 0 Å². The highest BCUT2D eigenvalue weighted by molar-refractivity contribution is 6.31. The number of nitrogens with one attached hydrogen (secondary N) is 2. The summed E-state index contributed by atoms with van der Waals surface area (Å²) in [5.74, 6) is 0. The maximum Gasteiger partial charge on any atom is 0.417 e. The predicted octanol–water partition coefficient (Wildman–Crippen LogP) is 4.31. The molecule has 1 heterocycles. The molecule has 0 atom stereocenters. The highest BCUT2D eigenvalue weighted by Crippen LogP contribution is 2.36. The minimum absolute atomic E-state index is 0.307. The van der Waals surface area contributed by atoms with Crippen LogP contribution in [0, 0.1) is 13.8 Å². The number of alkyl halides is 3. The summed E-state index contributed by atoms with van der Waals surface area (Å²) in [4.78, 5) is 0. The van der Waals surface area contributed by atoms with Crippen LogP contribution in [0.15, 0.2) is 18.2 Å². The number of anilines is 1. The van der Waals surface area contributed by atoms with Gasteiger partial charge in [0.15, 0.2) is 0 Å². The lowest BCUT2D eigenvalue weighted by Gasteiger charge is -2.12. The largest absolute Gasteiger partial charge is 0.417 e. The van der Waals surface area contributed by atoms with E-state index in [4.69, 9.17) is 11.6 Å². The van der Waals surface area contributed by atoms with Gasteiger partial charge < -0.3 is 5.32 Å². The molecule has 0 aliphatic heterocycles. The van der Waals surface area contributed by atoms with Crippen molar-refractivity contribution in [1.82, 2.24) is 10.2 Å². The number of hydrogen-bond donors (Lipinski definition) is 2. The molecule has 0 aliphatic rings. The summed E-state index contributed by atoms with van der Waals surface area (Å²) < 4.78 is 38.2. The summed E-state index contributed by atoms with van der Waals surface area (Å²) in [6.07, 6.45) is -4.46. The number of rotatable bonds is 3. The third kappa shape index (κ3) is 3.07. The van der Waals surface area contributed by atoms with E-state index in [1.807, 2.05) is 13.8 Å². The van der Waals surface area contributed by atoms with E-state index in [0.29, 0.717) is 12.2 Å². The van der Waals surface area contributed by atoms with Gasteiger partial charge in [0.05, 0.1) is 16.3 Å². The van der Waals surface area contributed by atoms with E-state index in [1.165, 1.54) is 12.1 Å². The highest BCUT2D eigenvalue weighted by Gasteiger charge is 2.33. The minimum atomic E-state index is -4.46. The Labute approximate surface area is 119 Å². The van der Waals surface area contributed by atoms with Crippen LogP contribution in [0.2, 0.25) is 5.02 Å². The molecule has 0 spiro atoms. The van der Waals surface area contributed by atoms with Crippen LogP contribution in [0.4, 0.5) is 18.9 Å². The van der Waals surface area contributed by atoms with Crippen molar-refractivity contribution in [2.24, 2.45) is 0 Å². The van der Waals surface area contributed by atoms with Gasteiger partial charge in [-0.25, -0.2) is 0 Å². The highest BCUT2D eigenvalue weighted by atomic mass is 35.5. The Kier molecular flexibility index (Phi) is 3.94. The van der Waals surface area contributed by atoms with Gasteiger partial charge in [-0.3, -0.25) is 5.10 Å². The molecule has 0 saturated heterocycles. The zero-order valence-electron chi connectivity index (χ0n) is 10.9. The molecule has 3 nitrogen and oxygen atoms in total. The smallest absolute Gasteiger partial charge is 0.381 e. The average molecular weight is 304 g/mol. The molecule has 0 fully saturated rings. The maximum absolute atomic E-state index is 12.7. The molecule has 1 aromatic carbocycles. The maximum atomic E-state index is 12.7. The van der Waals surface area contributed by atoms with Crippen LogP contribution in [-0.2, 0) is 12.7 Å². The molecule has 2 rings (SSSR count). The lowest BCUT2D eigenvalue weighted by molar-refractivity contribution is -0.137. The molecular formula is C13H13ClF3N3. The van der Waals surface area contributed by atoms with Gasteiger partial charge in [0.2, 0.25) is 0 Å². The van der Waals surface area contributed by atoms with Crippen LogP contribution in [0.1, 0.15) is 22.5 Å². The molecule has 108 valence electrons. The molecule has 0 aliphatic carbocycles. The van der Waals surface area contributed by atoms with E-state index >= 15 is 0 Å². The lowest BCUT2D eigenvalue weighted by Crippen LogP contribution is -2.08. The second-order valence-electron chi connectivity index (χ2n) is 4.46. The summed E-state index contributed by atoms with van der Waals surface area (Å²) in [5.41, 5.74) is 2.17. The first-order valence-electron chi connectivity index (χ1n) is 5.90. The molecule has 2 N–H and O–H groups in total. The number of H-pyrrole nitrogens is 1. The van der Waals surface area contributed by atoms with Crippen molar-refractivity contribution >= 4 is 17.3 Å². The Bertz CT molecular complexity index is 600. The number of nitrogens with zero attached hydrogens (tertiary/aromatic N) is 1. The van der Waals surface area contributed by atoms with Gasteiger partial charge >= 0.3 is 6.18 Å². The summed E-state index contributed by atoms with van der Waals surface area (Å²) in [7, 11) is 0. The third-order valence-corrected chi connectivity index (χ3v) is 3.35.